The number of azo groups is 1. The summed E-state index contributed by atoms with van der Waals surface area (Å²) in [5.74, 6) is -0.350. The molecule has 4 nitrogen and oxygen atoms in total. The molecule has 0 amide bonds. The van der Waals surface area contributed by atoms with Crippen LogP contribution in [0.5, 0.6) is 0 Å². The van der Waals surface area contributed by atoms with Gasteiger partial charge >= 0.3 is 5.97 Å². The molecule has 1 rings (SSSR count). The molecule has 0 saturated heterocycles. The minimum Gasteiger partial charge on any atom is -0.464 e. The molecule has 0 aromatic heterocycles. The van der Waals surface area contributed by atoms with E-state index < -0.39 is 5.54 Å². The van der Waals surface area contributed by atoms with Crippen LogP contribution in [0.15, 0.2) is 22.5 Å². The zero-order chi connectivity index (χ0) is 8.32. The molecule has 1 aliphatic heterocycles. The van der Waals surface area contributed by atoms with Crippen molar-refractivity contribution in [2.45, 2.75) is 19.4 Å². The molecular formula is C7H10N2O2. The lowest BCUT2D eigenvalue weighted by molar-refractivity contribution is -0.146. The minimum absolute atomic E-state index is 0.350. The lowest BCUT2D eigenvalue weighted by Gasteiger charge is -2.13. The van der Waals surface area contributed by atoms with Crippen molar-refractivity contribution >= 4 is 5.97 Å². The van der Waals surface area contributed by atoms with E-state index in [-0.39, 0.29) is 5.97 Å². The van der Waals surface area contributed by atoms with Gasteiger partial charge in [0.15, 0.2) is 5.54 Å². The Bertz CT molecular complexity index is 208. The van der Waals surface area contributed by atoms with Crippen LogP contribution < -0.4 is 0 Å². The summed E-state index contributed by atoms with van der Waals surface area (Å²) in [4.78, 5) is 11.1. The summed E-state index contributed by atoms with van der Waals surface area (Å²) in [6.07, 6.45) is 3.11. The van der Waals surface area contributed by atoms with Crippen LogP contribution in [0.4, 0.5) is 0 Å². The topological polar surface area (TPSA) is 51.0 Å². The van der Waals surface area contributed by atoms with E-state index in [1.54, 1.807) is 19.9 Å². The van der Waals surface area contributed by atoms with Gasteiger partial charge in [-0.25, -0.2) is 4.79 Å². The highest BCUT2D eigenvalue weighted by molar-refractivity contribution is 5.83. The second-order valence-corrected chi connectivity index (χ2v) is 2.40. The van der Waals surface area contributed by atoms with Crippen molar-refractivity contribution in [3.63, 3.8) is 0 Å². The standard InChI is InChI=1S/C7H10N2O2/c1-3-11-6(10)7(2)4-5-8-9-7/h4-5H,3H2,1-2H3. The molecule has 1 atom stereocenters. The van der Waals surface area contributed by atoms with Crippen LogP contribution in [0, 0.1) is 0 Å². The van der Waals surface area contributed by atoms with E-state index in [4.69, 9.17) is 4.74 Å². The van der Waals surface area contributed by atoms with Crippen LogP contribution in [0.1, 0.15) is 13.8 Å². The first-order valence-corrected chi connectivity index (χ1v) is 3.46. The summed E-state index contributed by atoms with van der Waals surface area (Å²) in [6, 6.07) is 0. The van der Waals surface area contributed by atoms with Crippen LogP contribution >= 0.6 is 0 Å². The van der Waals surface area contributed by atoms with Crippen LogP contribution in [-0.2, 0) is 9.53 Å². The number of carbonyl (C=O) groups is 1. The largest absolute Gasteiger partial charge is 0.464 e. The van der Waals surface area contributed by atoms with E-state index in [1.165, 1.54) is 6.20 Å². The van der Waals surface area contributed by atoms with Crippen LogP contribution in [-0.4, -0.2) is 18.1 Å². The van der Waals surface area contributed by atoms with E-state index >= 15 is 0 Å². The van der Waals surface area contributed by atoms with Crippen LogP contribution in [0.25, 0.3) is 0 Å². The Kier molecular flexibility index (Phi) is 2.03. The van der Waals surface area contributed by atoms with E-state index in [9.17, 15) is 4.79 Å². The average molecular weight is 154 g/mol. The molecule has 1 heterocycles. The van der Waals surface area contributed by atoms with Crippen molar-refractivity contribution in [2.75, 3.05) is 6.61 Å². The Balaban J connectivity index is 2.65. The zero-order valence-corrected chi connectivity index (χ0v) is 6.57. The number of hydrogen-bond donors (Lipinski definition) is 0. The van der Waals surface area contributed by atoms with Gasteiger partial charge in [0, 0.05) is 6.20 Å². The third-order valence-electron chi connectivity index (χ3n) is 1.42. The molecule has 0 bridgehead atoms. The highest BCUT2D eigenvalue weighted by Crippen LogP contribution is 2.19. The van der Waals surface area contributed by atoms with Gasteiger partial charge in [-0.1, -0.05) is 0 Å². The lowest BCUT2D eigenvalue weighted by Crippen LogP contribution is -2.31. The average Bonchev–Trinajstić information content (AvgIpc) is 2.38. The third kappa shape index (κ3) is 1.45. The maximum Gasteiger partial charge on any atom is 0.339 e. The zero-order valence-electron chi connectivity index (χ0n) is 6.57. The van der Waals surface area contributed by atoms with Gasteiger partial charge in [0.1, 0.15) is 0 Å². The molecule has 1 unspecified atom stereocenters. The lowest BCUT2D eigenvalue weighted by atomic mass is 10.1. The number of nitrogens with zero attached hydrogens (tertiary/aromatic N) is 2. The summed E-state index contributed by atoms with van der Waals surface area (Å²) >= 11 is 0. The molecule has 0 radical (unpaired) electrons. The van der Waals surface area contributed by atoms with Gasteiger partial charge in [-0.15, -0.1) is 0 Å². The van der Waals surface area contributed by atoms with Gasteiger partial charge < -0.3 is 4.74 Å². The quantitative estimate of drug-likeness (QED) is 0.562. The molecule has 11 heavy (non-hydrogen) atoms. The Morgan fingerprint density at radius 2 is 2.45 bits per heavy atom. The fraction of sp³-hybridized carbons (Fsp3) is 0.571. The number of rotatable bonds is 2. The number of carbonyl (C=O) groups excluding carboxylic acids is 1. The highest BCUT2D eigenvalue weighted by Gasteiger charge is 2.33. The van der Waals surface area contributed by atoms with Crippen molar-refractivity contribution in [3.8, 4) is 0 Å². The first-order valence-electron chi connectivity index (χ1n) is 3.46. The molecule has 0 aromatic carbocycles. The van der Waals surface area contributed by atoms with Crippen molar-refractivity contribution in [1.29, 1.82) is 0 Å². The fourth-order valence-corrected chi connectivity index (χ4v) is 0.751. The van der Waals surface area contributed by atoms with Crippen molar-refractivity contribution in [3.05, 3.63) is 12.3 Å². The van der Waals surface area contributed by atoms with E-state index in [0.29, 0.717) is 6.61 Å². The second kappa shape index (κ2) is 2.82. The van der Waals surface area contributed by atoms with Gasteiger partial charge in [0.25, 0.3) is 0 Å². The Morgan fingerprint density at radius 3 is 2.91 bits per heavy atom. The predicted molar refractivity (Wildman–Crippen MR) is 39.0 cm³/mol. The molecular weight excluding hydrogens is 144 g/mol. The highest BCUT2D eigenvalue weighted by atomic mass is 16.5. The van der Waals surface area contributed by atoms with Crippen molar-refractivity contribution in [1.82, 2.24) is 0 Å². The molecule has 0 spiro atoms. The second-order valence-electron chi connectivity index (χ2n) is 2.40. The van der Waals surface area contributed by atoms with E-state index in [1.807, 2.05) is 0 Å². The third-order valence-corrected chi connectivity index (χ3v) is 1.42. The Labute approximate surface area is 65.0 Å². The smallest absolute Gasteiger partial charge is 0.339 e. The van der Waals surface area contributed by atoms with Crippen LogP contribution in [0.2, 0.25) is 0 Å². The van der Waals surface area contributed by atoms with Gasteiger partial charge in [-0.2, -0.15) is 10.2 Å². The molecule has 4 heteroatoms. The molecule has 0 saturated carbocycles. The summed E-state index contributed by atoms with van der Waals surface area (Å²) in [5, 5.41) is 7.31. The Morgan fingerprint density at radius 1 is 1.73 bits per heavy atom. The molecule has 0 aromatic rings. The SMILES string of the molecule is CCOC(=O)C1(C)C=CN=N1. The number of hydrogen-bond acceptors (Lipinski definition) is 4. The van der Waals surface area contributed by atoms with Crippen molar-refractivity contribution < 1.29 is 9.53 Å². The van der Waals surface area contributed by atoms with Gasteiger partial charge in [-0.3, -0.25) is 0 Å². The van der Waals surface area contributed by atoms with Gasteiger partial charge in [0.05, 0.1) is 6.61 Å². The molecule has 0 N–H and O–H groups in total. The minimum atomic E-state index is -0.879. The predicted octanol–water partition coefficient (Wildman–Crippen LogP) is 1.29. The monoisotopic (exact) mass is 154 g/mol. The summed E-state index contributed by atoms with van der Waals surface area (Å²) in [5.41, 5.74) is -0.879. The van der Waals surface area contributed by atoms with Crippen molar-refractivity contribution in [2.24, 2.45) is 10.2 Å². The molecule has 0 fully saturated rings. The summed E-state index contributed by atoms with van der Waals surface area (Å²) in [6.45, 7) is 3.80. The maximum absolute atomic E-state index is 11.1. The normalized spacial score (nSPS) is 27.5. The summed E-state index contributed by atoms with van der Waals surface area (Å²) < 4.78 is 4.78. The number of esters is 1. The number of ether oxygens (including phenoxy) is 1. The molecule has 1 aliphatic rings. The Hall–Kier alpha value is -1.19. The first kappa shape index (κ1) is 7.91. The summed E-state index contributed by atoms with van der Waals surface area (Å²) in [7, 11) is 0. The maximum atomic E-state index is 11.1. The van der Waals surface area contributed by atoms with E-state index in [2.05, 4.69) is 10.2 Å². The van der Waals surface area contributed by atoms with Gasteiger partial charge in [0.2, 0.25) is 0 Å². The van der Waals surface area contributed by atoms with E-state index in [0.717, 1.165) is 0 Å². The fourth-order valence-electron chi connectivity index (χ4n) is 0.751. The molecule has 0 aliphatic carbocycles. The van der Waals surface area contributed by atoms with Crippen LogP contribution in [0.3, 0.4) is 0 Å². The molecule has 60 valence electrons. The van der Waals surface area contributed by atoms with Gasteiger partial charge in [-0.05, 0) is 19.9 Å². The first-order chi connectivity index (χ1) is 5.19.